The number of nitrogens with one attached hydrogen (secondary N) is 1. The molecule has 0 aliphatic heterocycles. The lowest BCUT2D eigenvalue weighted by Gasteiger charge is -2.27. The summed E-state index contributed by atoms with van der Waals surface area (Å²) in [4.78, 5) is 0. The Morgan fingerprint density at radius 3 is 2.45 bits per heavy atom. The number of benzene rings is 1. The first-order chi connectivity index (χ1) is 9.30. The van der Waals surface area contributed by atoms with Crippen LogP contribution < -0.4 is 10.1 Å². The summed E-state index contributed by atoms with van der Waals surface area (Å²) in [5.41, 5.74) is 1.38. The first-order valence-corrected chi connectivity index (χ1v) is 7.38. The van der Waals surface area contributed by atoms with E-state index in [1.54, 1.807) is 0 Å². The van der Waals surface area contributed by atoms with Gasteiger partial charge >= 0.3 is 0 Å². The van der Waals surface area contributed by atoms with Crippen LogP contribution in [0.3, 0.4) is 0 Å². The van der Waals surface area contributed by atoms with Crippen LogP contribution in [-0.4, -0.2) is 30.9 Å². The van der Waals surface area contributed by atoms with E-state index in [0.29, 0.717) is 19.1 Å². The van der Waals surface area contributed by atoms with Crippen LogP contribution in [0.25, 0.3) is 0 Å². The summed E-state index contributed by atoms with van der Waals surface area (Å²) in [6, 6.07) is 7.86. The van der Waals surface area contributed by atoms with E-state index in [0.717, 1.165) is 17.9 Å². The molecule has 3 heteroatoms. The standard InChI is InChI=1S/C17H29NO2/c1-13-8-6-7-9-16(13)20-12-15(19)11-18-10-14(2)17(3,4)5/h6-9,14-15,18-19H,10-12H2,1-5H3. The van der Waals surface area contributed by atoms with Crippen LogP contribution in [0.1, 0.15) is 33.3 Å². The predicted molar refractivity (Wildman–Crippen MR) is 84.2 cm³/mol. The molecule has 20 heavy (non-hydrogen) atoms. The molecule has 0 bridgehead atoms. The zero-order valence-electron chi connectivity index (χ0n) is 13.4. The zero-order valence-corrected chi connectivity index (χ0v) is 13.4. The molecule has 2 atom stereocenters. The molecule has 114 valence electrons. The Kier molecular flexibility index (Phi) is 6.50. The summed E-state index contributed by atoms with van der Waals surface area (Å²) in [5, 5.41) is 13.2. The Hall–Kier alpha value is -1.06. The minimum absolute atomic E-state index is 0.287. The molecule has 0 radical (unpaired) electrons. The van der Waals surface area contributed by atoms with Gasteiger partial charge in [-0.3, -0.25) is 0 Å². The molecule has 2 N–H and O–H groups in total. The molecule has 2 unspecified atom stereocenters. The number of ether oxygens (including phenoxy) is 1. The van der Waals surface area contributed by atoms with Crippen molar-refractivity contribution in [1.82, 2.24) is 5.32 Å². The highest BCUT2D eigenvalue weighted by Gasteiger charge is 2.19. The lowest BCUT2D eigenvalue weighted by Crippen LogP contribution is -2.36. The molecule has 0 aliphatic carbocycles. The predicted octanol–water partition coefficient (Wildman–Crippen LogP) is 3.01. The van der Waals surface area contributed by atoms with E-state index in [1.165, 1.54) is 0 Å². The molecule has 0 saturated carbocycles. The van der Waals surface area contributed by atoms with Crippen LogP contribution in [0, 0.1) is 18.3 Å². The van der Waals surface area contributed by atoms with Gasteiger partial charge in [-0.1, -0.05) is 45.9 Å². The minimum atomic E-state index is -0.484. The fourth-order valence-electron chi connectivity index (χ4n) is 1.74. The molecular weight excluding hydrogens is 250 g/mol. The van der Waals surface area contributed by atoms with Gasteiger partial charge in [-0.25, -0.2) is 0 Å². The normalized spacial score (nSPS) is 14.9. The van der Waals surface area contributed by atoms with Gasteiger partial charge in [-0.05, 0) is 36.4 Å². The maximum absolute atomic E-state index is 9.93. The van der Waals surface area contributed by atoms with E-state index in [-0.39, 0.29) is 5.41 Å². The van der Waals surface area contributed by atoms with E-state index >= 15 is 0 Å². The third-order valence-corrected chi connectivity index (χ3v) is 3.83. The summed E-state index contributed by atoms with van der Waals surface area (Å²) < 4.78 is 5.63. The Bertz CT molecular complexity index is 398. The third kappa shape index (κ3) is 5.93. The van der Waals surface area contributed by atoms with Crippen LogP contribution in [0.15, 0.2) is 24.3 Å². The average molecular weight is 279 g/mol. The lowest BCUT2D eigenvalue weighted by atomic mass is 9.82. The van der Waals surface area contributed by atoms with E-state index in [1.807, 2.05) is 31.2 Å². The average Bonchev–Trinajstić information content (AvgIpc) is 2.36. The van der Waals surface area contributed by atoms with E-state index in [9.17, 15) is 5.11 Å². The van der Waals surface area contributed by atoms with E-state index in [2.05, 4.69) is 33.0 Å². The van der Waals surface area contributed by atoms with Crippen molar-refractivity contribution >= 4 is 0 Å². The molecule has 0 aromatic heterocycles. The number of aliphatic hydroxyl groups excluding tert-OH is 1. The first kappa shape index (κ1) is 17.0. The summed E-state index contributed by atoms with van der Waals surface area (Å²) in [6.45, 7) is 12.7. The number of hydrogen-bond donors (Lipinski definition) is 2. The lowest BCUT2D eigenvalue weighted by molar-refractivity contribution is 0.103. The summed E-state index contributed by atoms with van der Waals surface area (Å²) in [6.07, 6.45) is -0.484. The second-order valence-corrected chi connectivity index (χ2v) is 6.66. The van der Waals surface area contributed by atoms with Gasteiger partial charge in [0.15, 0.2) is 0 Å². The number of para-hydroxylation sites is 1. The molecule has 0 spiro atoms. The monoisotopic (exact) mass is 279 g/mol. The topological polar surface area (TPSA) is 41.5 Å². The van der Waals surface area contributed by atoms with Gasteiger partial charge < -0.3 is 15.2 Å². The summed E-state index contributed by atoms with van der Waals surface area (Å²) >= 11 is 0. The van der Waals surface area contributed by atoms with Crippen LogP contribution in [-0.2, 0) is 0 Å². The van der Waals surface area contributed by atoms with Gasteiger partial charge in [0.1, 0.15) is 18.5 Å². The van der Waals surface area contributed by atoms with Crippen LogP contribution >= 0.6 is 0 Å². The SMILES string of the molecule is Cc1ccccc1OCC(O)CNCC(C)C(C)(C)C. The highest BCUT2D eigenvalue weighted by atomic mass is 16.5. The molecule has 1 rings (SSSR count). The molecular formula is C17H29NO2. The largest absolute Gasteiger partial charge is 0.491 e. The molecule has 0 saturated heterocycles. The van der Waals surface area contributed by atoms with Crippen molar-refractivity contribution in [2.24, 2.45) is 11.3 Å². The summed E-state index contributed by atoms with van der Waals surface area (Å²) in [7, 11) is 0. The van der Waals surface area contributed by atoms with Gasteiger partial charge in [-0.2, -0.15) is 0 Å². The van der Waals surface area contributed by atoms with Crippen molar-refractivity contribution in [1.29, 1.82) is 0 Å². The maximum Gasteiger partial charge on any atom is 0.122 e. The Morgan fingerprint density at radius 1 is 1.20 bits per heavy atom. The maximum atomic E-state index is 9.93. The van der Waals surface area contributed by atoms with Gasteiger partial charge in [0.05, 0.1) is 0 Å². The Morgan fingerprint density at radius 2 is 1.85 bits per heavy atom. The fourth-order valence-corrected chi connectivity index (χ4v) is 1.74. The molecule has 0 fully saturated rings. The smallest absolute Gasteiger partial charge is 0.122 e. The molecule has 3 nitrogen and oxygen atoms in total. The zero-order chi connectivity index (χ0) is 15.2. The molecule has 1 aromatic rings. The van der Waals surface area contributed by atoms with Crippen molar-refractivity contribution < 1.29 is 9.84 Å². The second kappa shape index (κ2) is 7.65. The highest BCUT2D eigenvalue weighted by Crippen LogP contribution is 2.24. The second-order valence-electron chi connectivity index (χ2n) is 6.66. The Balaban J connectivity index is 2.24. The van der Waals surface area contributed by atoms with E-state index < -0.39 is 6.10 Å². The van der Waals surface area contributed by atoms with E-state index in [4.69, 9.17) is 4.74 Å². The van der Waals surface area contributed by atoms with Crippen LogP contribution in [0.2, 0.25) is 0 Å². The molecule has 1 aromatic carbocycles. The fraction of sp³-hybridized carbons (Fsp3) is 0.647. The van der Waals surface area contributed by atoms with Crippen molar-refractivity contribution in [2.45, 2.75) is 40.7 Å². The molecule has 0 amide bonds. The van der Waals surface area contributed by atoms with Crippen LogP contribution in [0.4, 0.5) is 0 Å². The van der Waals surface area contributed by atoms with Gasteiger partial charge in [0.25, 0.3) is 0 Å². The minimum Gasteiger partial charge on any atom is -0.491 e. The number of aliphatic hydroxyl groups is 1. The third-order valence-electron chi connectivity index (χ3n) is 3.83. The van der Waals surface area contributed by atoms with Gasteiger partial charge in [0, 0.05) is 6.54 Å². The van der Waals surface area contributed by atoms with Crippen molar-refractivity contribution in [3.05, 3.63) is 29.8 Å². The summed E-state index contributed by atoms with van der Waals surface area (Å²) in [5.74, 6) is 1.40. The Labute approximate surface area is 123 Å². The number of rotatable bonds is 7. The number of hydrogen-bond acceptors (Lipinski definition) is 3. The number of aryl methyl sites for hydroxylation is 1. The van der Waals surface area contributed by atoms with Gasteiger partial charge in [-0.15, -0.1) is 0 Å². The first-order valence-electron chi connectivity index (χ1n) is 7.38. The van der Waals surface area contributed by atoms with Crippen LogP contribution in [0.5, 0.6) is 5.75 Å². The highest BCUT2D eigenvalue weighted by molar-refractivity contribution is 5.31. The quantitative estimate of drug-likeness (QED) is 0.806. The van der Waals surface area contributed by atoms with Crippen molar-refractivity contribution in [3.63, 3.8) is 0 Å². The molecule has 0 aliphatic rings. The molecule has 0 heterocycles. The van der Waals surface area contributed by atoms with Gasteiger partial charge in [0.2, 0.25) is 0 Å². The van der Waals surface area contributed by atoms with Crippen molar-refractivity contribution in [3.8, 4) is 5.75 Å². The van der Waals surface area contributed by atoms with Crippen molar-refractivity contribution in [2.75, 3.05) is 19.7 Å².